The molecule has 0 spiro atoms. The zero-order chi connectivity index (χ0) is 15.6. The molecule has 114 valence electrons. The minimum absolute atomic E-state index is 0.660. The molecule has 0 unspecified atom stereocenters. The molecular weight excluding hydrogens is 306 g/mol. The minimum Gasteiger partial charge on any atom is -0.440 e. The van der Waals surface area contributed by atoms with Gasteiger partial charge in [0.1, 0.15) is 5.52 Å². The summed E-state index contributed by atoms with van der Waals surface area (Å²) in [4.78, 5) is 9.02. The SMILES string of the molecule is Cn1c(-c2ccccc2)cnc1SCc1nc2ccccc2o1. The molecular formula is C18H15N3OS. The van der Waals surface area contributed by atoms with E-state index in [2.05, 4.69) is 26.7 Å². The average Bonchev–Trinajstić information content (AvgIpc) is 3.17. The van der Waals surface area contributed by atoms with E-state index in [4.69, 9.17) is 4.42 Å². The first kappa shape index (κ1) is 14.1. The fourth-order valence-corrected chi connectivity index (χ4v) is 3.31. The lowest BCUT2D eigenvalue weighted by Crippen LogP contribution is -1.94. The van der Waals surface area contributed by atoms with Crippen molar-refractivity contribution >= 4 is 22.9 Å². The maximum absolute atomic E-state index is 5.75. The van der Waals surface area contributed by atoms with Gasteiger partial charge < -0.3 is 8.98 Å². The number of para-hydroxylation sites is 2. The van der Waals surface area contributed by atoms with Gasteiger partial charge in [0, 0.05) is 7.05 Å². The number of nitrogens with zero attached hydrogens (tertiary/aromatic N) is 3. The van der Waals surface area contributed by atoms with Crippen LogP contribution in [0.2, 0.25) is 0 Å². The maximum atomic E-state index is 5.75. The Hall–Kier alpha value is -2.53. The Labute approximate surface area is 138 Å². The zero-order valence-electron chi connectivity index (χ0n) is 12.6. The Morgan fingerprint density at radius 2 is 1.83 bits per heavy atom. The number of imidazole rings is 1. The van der Waals surface area contributed by atoms with Crippen LogP contribution in [0.25, 0.3) is 22.4 Å². The van der Waals surface area contributed by atoms with Crippen molar-refractivity contribution in [1.82, 2.24) is 14.5 Å². The summed E-state index contributed by atoms with van der Waals surface area (Å²) >= 11 is 1.63. The van der Waals surface area contributed by atoms with E-state index in [1.165, 1.54) is 0 Å². The topological polar surface area (TPSA) is 43.9 Å². The number of oxazole rings is 1. The Bertz CT molecular complexity index is 910. The fraction of sp³-hybridized carbons (Fsp3) is 0.111. The van der Waals surface area contributed by atoms with E-state index in [0.717, 1.165) is 33.4 Å². The van der Waals surface area contributed by atoms with Crippen molar-refractivity contribution in [1.29, 1.82) is 0 Å². The van der Waals surface area contributed by atoms with Crippen molar-refractivity contribution in [3.8, 4) is 11.3 Å². The van der Waals surface area contributed by atoms with Gasteiger partial charge >= 0.3 is 0 Å². The highest BCUT2D eigenvalue weighted by molar-refractivity contribution is 7.98. The summed E-state index contributed by atoms with van der Waals surface area (Å²) in [5, 5.41) is 0.950. The molecule has 4 nitrogen and oxygen atoms in total. The summed E-state index contributed by atoms with van der Waals surface area (Å²) in [7, 11) is 2.03. The first-order valence-corrected chi connectivity index (χ1v) is 8.34. The molecule has 2 aromatic carbocycles. The van der Waals surface area contributed by atoms with Crippen molar-refractivity contribution in [2.75, 3.05) is 0 Å². The van der Waals surface area contributed by atoms with Crippen LogP contribution in [0.3, 0.4) is 0 Å². The van der Waals surface area contributed by atoms with Crippen molar-refractivity contribution in [3.63, 3.8) is 0 Å². The van der Waals surface area contributed by atoms with E-state index in [9.17, 15) is 0 Å². The Balaban J connectivity index is 1.54. The molecule has 0 saturated carbocycles. The smallest absolute Gasteiger partial charge is 0.205 e. The minimum atomic E-state index is 0.660. The Morgan fingerprint density at radius 1 is 1.04 bits per heavy atom. The van der Waals surface area contributed by atoms with Crippen molar-refractivity contribution in [2.45, 2.75) is 10.9 Å². The van der Waals surface area contributed by atoms with Gasteiger partial charge in [-0.1, -0.05) is 54.2 Å². The van der Waals surface area contributed by atoms with Crippen molar-refractivity contribution in [3.05, 3.63) is 66.7 Å². The molecule has 2 heterocycles. The fourth-order valence-electron chi connectivity index (χ4n) is 2.51. The van der Waals surface area contributed by atoms with E-state index in [1.807, 2.05) is 55.7 Å². The predicted octanol–water partition coefficient (Wildman–Crippen LogP) is 4.52. The van der Waals surface area contributed by atoms with Crippen LogP contribution in [0.1, 0.15) is 5.89 Å². The van der Waals surface area contributed by atoms with E-state index in [1.54, 1.807) is 11.8 Å². The highest BCUT2D eigenvalue weighted by atomic mass is 32.2. The second-order valence-corrected chi connectivity index (χ2v) is 6.16. The average molecular weight is 321 g/mol. The van der Waals surface area contributed by atoms with Gasteiger partial charge in [0.05, 0.1) is 17.6 Å². The molecule has 0 atom stereocenters. The molecule has 0 aliphatic carbocycles. The van der Waals surface area contributed by atoms with Crippen LogP contribution in [-0.4, -0.2) is 14.5 Å². The number of fused-ring (bicyclic) bond motifs is 1. The summed E-state index contributed by atoms with van der Waals surface area (Å²) < 4.78 is 7.85. The monoisotopic (exact) mass is 321 g/mol. The van der Waals surface area contributed by atoms with Gasteiger partial charge in [-0.2, -0.15) is 0 Å². The van der Waals surface area contributed by atoms with E-state index in [-0.39, 0.29) is 0 Å². The normalized spacial score (nSPS) is 11.2. The number of hydrogen-bond donors (Lipinski definition) is 0. The van der Waals surface area contributed by atoms with Gasteiger partial charge in [0.25, 0.3) is 0 Å². The summed E-state index contributed by atoms with van der Waals surface area (Å²) in [5.41, 5.74) is 3.99. The predicted molar refractivity (Wildman–Crippen MR) is 92.2 cm³/mol. The van der Waals surface area contributed by atoms with Crippen LogP contribution < -0.4 is 0 Å². The Morgan fingerprint density at radius 3 is 2.65 bits per heavy atom. The Kier molecular flexibility index (Phi) is 3.63. The number of aromatic nitrogens is 3. The second kappa shape index (κ2) is 5.93. The molecule has 2 aromatic heterocycles. The molecule has 0 bridgehead atoms. The molecule has 0 amide bonds. The lowest BCUT2D eigenvalue weighted by atomic mass is 10.2. The third-order valence-electron chi connectivity index (χ3n) is 3.68. The zero-order valence-corrected chi connectivity index (χ0v) is 13.5. The van der Waals surface area contributed by atoms with Gasteiger partial charge in [0.2, 0.25) is 5.89 Å². The molecule has 0 N–H and O–H groups in total. The summed E-state index contributed by atoms with van der Waals surface area (Å²) in [6.07, 6.45) is 1.91. The lowest BCUT2D eigenvalue weighted by Gasteiger charge is -2.04. The molecule has 0 aliphatic rings. The second-order valence-electron chi connectivity index (χ2n) is 5.22. The maximum Gasteiger partial charge on any atom is 0.205 e. The van der Waals surface area contributed by atoms with Gasteiger partial charge in [-0.25, -0.2) is 9.97 Å². The summed E-state index contributed by atoms with van der Waals surface area (Å²) in [5.74, 6) is 1.38. The molecule has 4 aromatic rings. The number of rotatable bonds is 4. The third-order valence-corrected chi connectivity index (χ3v) is 4.71. The van der Waals surface area contributed by atoms with Crippen LogP contribution >= 0.6 is 11.8 Å². The molecule has 0 saturated heterocycles. The molecule has 0 fully saturated rings. The van der Waals surface area contributed by atoms with Crippen LogP contribution in [0.5, 0.6) is 0 Å². The van der Waals surface area contributed by atoms with Crippen LogP contribution in [-0.2, 0) is 12.8 Å². The van der Waals surface area contributed by atoms with Crippen LogP contribution in [0.4, 0.5) is 0 Å². The first-order valence-electron chi connectivity index (χ1n) is 7.35. The number of thioether (sulfide) groups is 1. The highest BCUT2D eigenvalue weighted by Gasteiger charge is 2.11. The first-order chi connectivity index (χ1) is 11.3. The number of hydrogen-bond acceptors (Lipinski definition) is 4. The van der Waals surface area contributed by atoms with E-state index in [0.29, 0.717) is 5.75 Å². The van der Waals surface area contributed by atoms with Crippen LogP contribution in [0.15, 0.2) is 70.4 Å². The van der Waals surface area contributed by atoms with Gasteiger partial charge in [0.15, 0.2) is 10.7 Å². The summed E-state index contributed by atoms with van der Waals surface area (Å²) in [6.45, 7) is 0. The van der Waals surface area contributed by atoms with E-state index < -0.39 is 0 Å². The third kappa shape index (κ3) is 2.75. The van der Waals surface area contributed by atoms with Crippen LogP contribution in [0, 0.1) is 0 Å². The summed E-state index contributed by atoms with van der Waals surface area (Å²) in [6, 6.07) is 18.1. The lowest BCUT2D eigenvalue weighted by molar-refractivity contribution is 0.555. The quantitative estimate of drug-likeness (QED) is 0.518. The van der Waals surface area contributed by atoms with Crippen molar-refractivity contribution in [2.24, 2.45) is 7.05 Å². The number of benzene rings is 2. The molecule has 5 heteroatoms. The largest absolute Gasteiger partial charge is 0.440 e. The standard InChI is InChI=1S/C18H15N3OS/c1-21-15(13-7-3-2-4-8-13)11-19-18(21)23-12-17-20-14-9-5-6-10-16(14)22-17/h2-11H,12H2,1H3. The van der Waals surface area contributed by atoms with E-state index >= 15 is 0 Å². The molecule has 0 aliphatic heterocycles. The van der Waals surface area contributed by atoms with Crippen molar-refractivity contribution < 1.29 is 4.42 Å². The van der Waals surface area contributed by atoms with Gasteiger partial charge in [-0.15, -0.1) is 0 Å². The van der Waals surface area contributed by atoms with Gasteiger partial charge in [-0.05, 0) is 17.7 Å². The molecule has 4 rings (SSSR count). The molecule has 0 radical (unpaired) electrons. The van der Waals surface area contributed by atoms with Gasteiger partial charge in [-0.3, -0.25) is 0 Å². The highest BCUT2D eigenvalue weighted by Crippen LogP contribution is 2.27. The molecule has 23 heavy (non-hydrogen) atoms.